The van der Waals surface area contributed by atoms with Crippen molar-refractivity contribution in [3.05, 3.63) is 53.6 Å². The van der Waals surface area contributed by atoms with Gasteiger partial charge in [0.05, 0.1) is 17.6 Å². The summed E-state index contributed by atoms with van der Waals surface area (Å²) in [5, 5.41) is 9.96. The number of benzene rings is 1. The van der Waals surface area contributed by atoms with E-state index in [9.17, 15) is 14.0 Å². The molecule has 29 heavy (non-hydrogen) atoms. The van der Waals surface area contributed by atoms with Crippen molar-refractivity contribution in [1.29, 1.82) is 5.26 Å². The van der Waals surface area contributed by atoms with Crippen molar-refractivity contribution in [3.8, 4) is 6.07 Å². The van der Waals surface area contributed by atoms with Crippen molar-refractivity contribution in [2.45, 2.75) is 13.5 Å². The highest BCUT2D eigenvalue weighted by Crippen LogP contribution is 2.21. The number of amides is 2. The maximum atomic E-state index is 14.2. The molecule has 1 aliphatic heterocycles. The molecule has 0 bridgehead atoms. The molecule has 1 N–H and O–H groups in total. The van der Waals surface area contributed by atoms with E-state index in [-0.39, 0.29) is 11.6 Å². The first-order valence-corrected chi connectivity index (χ1v) is 9.13. The summed E-state index contributed by atoms with van der Waals surface area (Å²) in [4.78, 5) is 30.9. The Kier molecular flexibility index (Phi) is 6.36. The molecular formula is C20H21FN6O2. The van der Waals surface area contributed by atoms with Crippen molar-refractivity contribution in [2.24, 2.45) is 0 Å². The monoisotopic (exact) mass is 396 g/mol. The molecule has 0 atom stereocenters. The molecule has 1 aliphatic rings. The second kappa shape index (κ2) is 9.12. The number of carbonyl (C=O) groups excluding carboxylic acids is 2. The van der Waals surface area contributed by atoms with Gasteiger partial charge in [0.15, 0.2) is 0 Å². The standard InChI is InChI=1S/C20H21FN6O2/c1-15(29)26-6-4-25(5-7-26)13-16-8-17(21)10-20(9-16)27(14-28)24-19-3-2-18(11-22)23-12-19/h2-3,8-10,12,14,24H,4-7,13H2,1H3. The van der Waals surface area contributed by atoms with Gasteiger partial charge < -0.3 is 4.90 Å². The molecule has 0 aliphatic carbocycles. The predicted octanol–water partition coefficient (Wildman–Crippen LogP) is 1.75. The van der Waals surface area contributed by atoms with Crippen LogP contribution in [0.3, 0.4) is 0 Å². The van der Waals surface area contributed by atoms with E-state index in [1.54, 1.807) is 24.0 Å². The topological polar surface area (TPSA) is 92.6 Å². The van der Waals surface area contributed by atoms with Crippen LogP contribution in [0.1, 0.15) is 18.2 Å². The van der Waals surface area contributed by atoms with E-state index in [1.165, 1.54) is 24.4 Å². The van der Waals surface area contributed by atoms with Gasteiger partial charge in [0.2, 0.25) is 12.3 Å². The number of hydrogen-bond donors (Lipinski definition) is 1. The van der Waals surface area contributed by atoms with Crippen molar-refractivity contribution < 1.29 is 14.0 Å². The molecule has 0 unspecified atom stereocenters. The zero-order valence-electron chi connectivity index (χ0n) is 16.0. The van der Waals surface area contributed by atoms with E-state index in [0.29, 0.717) is 50.5 Å². The van der Waals surface area contributed by atoms with Crippen LogP contribution in [0.5, 0.6) is 0 Å². The Morgan fingerprint density at radius 2 is 2.07 bits per heavy atom. The van der Waals surface area contributed by atoms with Crippen LogP contribution in [-0.2, 0) is 16.1 Å². The first kappa shape index (κ1) is 20.2. The largest absolute Gasteiger partial charge is 0.340 e. The van der Waals surface area contributed by atoms with Crippen LogP contribution < -0.4 is 10.4 Å². The Bertz CT molecular complexity index is 920. The van der Waals surface area contributed by atoms with Crippen LogP contribution in [-0.4, -0.2) is 53.3 Å². The summed E-state index contributed by atoms with van der Waals surface area (Å²) in [6.07, 6.45) is 1.96. The molecule has 150 valence electrons. The second-order valence-electron chi connectivity index (χ2n) is 6.73. The fraction of sp³-hybridized carbons (Fsp3) is 0.300. The van der Waals surface area contributed by atoms with Gasteiger partial charge in [-0.25, -0.2) is 14.4 Å². The third-order valence-corrected chi connectivity index (χ3v) is 4.68. The Balaban J connectivity index is 1.70. The number of piperazine rings is 1. The van der Waals surface area contributed by atoms with Gasteiger partial charge in [0.1, 0.15) is 17.6 Å². The lowest BCUT2D eigenvalue weighted by molar-refractivity contribution is -0.130. The van der Waals surface area contributed by atoms with Crippen molar-refractivity contribution in [2.75, 3.05) is 36.6 Å². The summed E-state index contributed by atoms with van der Waals surface area (Å²) in [6.45, 7) is 4.77. The summed E-state index contributed by atoms with van der Waals surface area (Å²) in [7, 11) is 0. The van der Waals surface area contributed by atoms with Crippen LogP contribution >= 0.6 is 0 Å². The number of halogens is 1. The lowest BCUT2D eigenvalue weighted by Gasteiger charge is -2.34. The zero-order valence-corrected chi connectivity index (χ0v) is 16.0. The number of anilines is 2. The molecule has 2 aromatic rings. The van der Waals surface area contributed by atoms with Crippen molar-refractivity contribution in [1.82, 2.24) is 14.8 Å². The minimum atomic E-state index is -0.452. The molecule has 2 amide bonds. The highest BCUT2D eigenvalue weighted by Gasteiger charge is 2.19. The van der Waals surface area contributed by atoms with Gasteiger partial charge in [0.25, 0.3) is 0 Å². The number of rotatable bonds is 6. The van der Waals surface area contributed by atoms with E-state index < -0.39 is 5.82 Å². The third-order valence-electron chi connectivity index (χ3n) is 4.68. The number of nitrogens with zero attached hydrogens (tertiary/aromatic N) is 5. The van der Waals surface area contributed by atoms with Crippen LogP contribution in [0.15, 0.2) is 36.5 Å². The molecule has 8 nitrogen and oxygen atoms in total. The quantitative estimate of drug-likeness (QED) is 0.591. The summed E-state index contributed by atoms with van der Waals surface area (Å²) in [5.74, 6) is -0.394. The Morgan fingerprint density at radius 1 is 1.31 bits per heavy atom. The number of carbonyl (C=O) groups is 2. The van der Waals surface area contributed by atoms with Gasteiger partial charge in [-0.15, -0.1) is 0 Å². The normalized spacial score (nSPS) is 14.2. The average Bonchev–Trinajstić information content (AvgIpc) is 2.72. The van der Waals surface area contributed by atoms with E-state index in [2.05, 4.69) is 15.3 Å². The SMILES string of the molecule is CC(=O)N1CCN(Cc2cc(F)cc(N(C=O)Nc3ccc(C#N)nc3)c2)CC1. The summed E-state index contributed by atoms with van der Waals surface area (Å²) < 4.78 is 14.2. The third kappa shape index (κ3) is 5.27. The number of nitriles is 1. The molecule has 3 rings (SSSR count). The lowest BCUT2D eigenvalue weighted by atomic mass is 10.1. The molecular weight excluding hydrogens is 375 g/mol. The predicted molar refractivity (Wildman–Crippen MR) is 105 cm³/mol. The van der Waals surface area contributed by atoms with Crippen LogP contribution in [0, 0.1) is 17.1 Å². The van der Waals surface area contributed by atoms with Crippen LogP contribution in [0.4, 0.5) is 15.8 Å². The van der Waals surface area contributed by atoms with Gasteiger partial charge in [-0.05, 0) is 35.9 Å². The van der Waals surface area contributed by atoms with E-state index in [4.69, 9.17) is 5.26 Å². The Morgan fingerprint density at radius 3 is 2.66 bits per heavy atom. The summed E-state index contributed by atoms with van der Waals surface area (Å²) >= 11 is 0. The maximum absolute atomic E-state index is 14.2. The van der Waals surface area contributed by atoms with Gasteiger partial charge in [0, 0.05) is 39.6 Å². The molecule has 1 aromatic heterocycles. The minimum Gasteiger partial charge on any atom is -0.340 e. The van der Waals surface area contributed by atoms with Gasteiger partial charge >= 0.3 is 0 Å². The van der Waals surface area contributed by atoms with Gasteiger partial charge in [-0.3, -0.25) is 19.9 Å². The molecule has 0 radical (unpaired) electrons. The molecule has 0 saturated carbocycles. The number of nitrogens with one attached hydrogen (secondary N) is 1. The van der Waals surface area contributed by atoms with Crippen LogP contribution in [0.2, 0.25) is 0 Å². The first-order chi connectivity index (χ1) is 14.0. The lowest BCUT2D eigenvalue weighted by Crippen LogP contribution is -2.47. The smallest absolute Gasteiger partial charge is 0.232 e. The number of hydrazine groups is 1. The maximum Gasteiger partial charge on any atom is 0.232 e. The Hall–Kier alpha value is -3.51. The van der Waals surface area contributed by atoms with E-state index in [0.717, 1.165) is 10.6 Å². The second-order valence-corrected chi connectivity index (χ2v) is 6.73. The highest BCUT2D eigenvalue weighted by molar-refractivity contribution is 5.79. The average molecular weight is 396 g/mol. The summed E-state index contributed by atoms with van der Waals surface area (Å²) in [6, 6.07) is 9.47. The van der Waals surface area contributed by atoms with Gasteiger partial charge in [-0.2, -0.15) is 5.26 Å². The van der Waals surface area contributed by atoms with Crippen molar-refractivity contribution in [3.63, 3.8) is 0 Å². The fourth-order valence-electron chi connectivity index (χ4n) is 3.16. The fourth-order valence-corrected chi connectivity index (χ4v) is 3.16. The van der Waals surface area contributed by atoms with Gasteiger partial charge in [-0.1, -0.05) is 0 Å². The van der Waals surface area contributed by atoms with E-state index >= 15 is 0 Å². The molecule has 1 saturated heterocycles. The number of aromatic nitrogens is 1. The molecule has 2 heterocycles. The first-order valence-electron chi connectivity index (χ1n) is 9.13. The van der Waals surface area contributed by atoms with Crippen LogP contribution in [0.25, 0.3) is 0 Å². The van der Waals surface area contributed by atoms with E-state index in [1.807, 2.05) is 6.07 Å². The highest BCUT2D eigenvalue weighted by atomic mass is 19.1. The number of pyridine rings is 1. The minimum absolute atomic E-state index is 0.0580. The molecule has 1 fully saturated rings. The molecule has 0 spiro atoms. The van der Waals surface area contributed by atoms with Crippen molar-refractivity contribution >= 4 is 23.7 Å². The molecule has 9 heteroatoms. The number of hydrogen-bond acceptors (Lipinski definition) is 6. The zero-order chi connectivity index (χ0) is 20.8. The Labute approximate surface area is 168 Å². The molecule has 1 aromatic carbocycles. The summed E-state index contributed by atoms with van der Waals surface area (Å²) in [5.41, 5.74) is 4.66.